The molecule has 3 unspecified atom stereocenters. The van der Waals surface area contributed by atoms with E-state index >= 15 is 0 Å². The van der Waals surface area contributed by atoms with Crippen molar-refractivity contribution in [3.8, 4) is 34.5 Å². The predicted molar refractivity (Wildman–Crippen MR) is 292 cm³/mol. The molecular formula is C51H63I3N4O12. The van der Waals surface area contributed by atoms with Gasteiger partial charge in [-0.25, -0.2) is 9.59 Å². The molecule has 19 heteroatoms. The number of hydrogen-bond acceptors (Lipinski definition) is 13. The first kappa shape index (κ1) is 58.0. The number of nitrogens with two attached hydrogens (primary N) is 1. The summed E-state index contributed by atoms with van der Waals surface area (Å²) in [5.74, 6) is 0.942. The summed E-state index contributed by atoms with van der Waals surface area (Å²) in [6, 6.07) is 17.4. The number of alkyl carbamates (subject to hydrolysis) is 1. The second-order valence-electron chi connectivity index (χ2n) is 18.3. The van der Waals surface area contributed by atoms with Gasteiger partial charge in [-0.1, -0.05) is 12.8 Å². The summed E-state index contributed by atoms with van der Waals surface area (Å²) in [5, 5.41) is 15.4. The van der Waals surface area contributed by atoms with Crippen LogP contribution in [-0.2, 0) is 35.1 Å². The molecule has 4 aromatic carbocycles. The van der Waals surface area contributed by atoms with Crippen molar-refractivity contribution in [2.24, 2.45) is 5.73 Å². The summed E-state index contributed by atoms with van der Waals surface area (Å²) in [6.07, 6.45) is 1.31. The monoisotopic (exact) mass is 1300 g/mol. The van der Waals surface area contributed by atoms with E-state index in [0.717, 1.165) is 7.14 Å². The van der Waals surface area contributed by atoms with Crippen molar-refractivity contribution in [2.45, 2.75) is 122 Å². The van der Waals surface area contributed by atoms with Gasteiger partial charge < -0.3 is 49.9 Å². The van der Waals surface area contributed by atoms with E-state index in [0.29, 0.717) is 74.9 Å². The topological polar surface area (TPSA) is 214 Å². The lowest BCUT2D eigenvalue weighted by Crippen LogP contribution is -2.54. The summed E-state index contributed by atoms with van der Waals surface area (Å²) < 4.78 is 35.7. The number of nitrogens with zero attached hydrogens (tertiary/aromatic N) is 1. The Hall–Kier alpha value is -4.62. The number of esters is 1. The van der Waals surface area contributed by atoms with Gasteiger partial charge in [0.05, 0.1) is 43.8 Å². The molecule has 4 rings (SSSR count). The molecule has 0 aliphatic rings. The van der Waals surface area contributed by atoms with Crippen molar-refractivity contribution >= 4 is 109 Å². The van der Waals surface area contributed by atoms with Gasteiger partial charge in [-0.3, -0.25) is 19.3 Å². The van der Waals surface area contributed by atoms with Gasteiger partial charge in [0.15, 0.2) is 5.75 Å². The highest BCUT2D eigenvalue weighted by molar-refractivity contribution is 14.1. The molecule has 3 atom stereocenters. The van der Waals surface area contributed by atoms with Crippen molar-refractivity contribution in [1.29, 1.82) is 0 Å². The zero-order chi connectivity index (χ0) is 51.9. The number of phenolic OH excluding ortho intramolecular Hbond substituents is 1. The lowest BCUT2D eigenvalue weighted by Gasteiger charge is -2.28. The van der Waals surface area contributed by atoms with Gasteiger partial charge in [-0.2, -0.15) is 0 Å². The van der Waals surface area contributed by atoms with Crippen LogP contribution in [0.15, 0.2) is 72.8 Å². The minimum Gasteiger partial charge on any atom is -0.507 e. The van der Waals surface area contributed by atoms with Gasteiger partial charge in [0.1, 0.15) is 57.8 Å². The van der Waals surface area contributed by atoms with Crippen LogP contribution in [0.4, 0.5) is 16.2 Å². The highest BCUT2D eigenvalue weighted by Crippen LogP contribution is 2.38. The van der Waals surface area contributed by atoms with E-state index in [9.17, 15) is 29.1 Å². The molecule has 0 aliphatic carbocycles. The number of amides is 3. The Kier molecular flexibility index (Phi) is 22.1. The largest absolute Gasteiger partial charge is 0.507 e. The van der Waals surface area contributed by atoms with Gasteiger partial charge in [0, 0.05) is 31.0 Å². The quantitative estimate of drug-likeness (QED) is 0.0309. The van der Waals surface area contributed by atoms with Crippen LogP contribution in [0.25, 0.3) is 0 Å². The molecule has 5 N–H and O–H groups in total. The van der Waals surface area contributed by atoms with E-state index in [2.05, 4.69) is 55.8 Å². The van der Waals surface area contributed by atoms with Crippen LogP contribution in [-0.4, -0.2) is 85.4 Å². The highest BCUT2D eigenvalue weighted by atomic mass is 127. The van der Waals surface area contributed by atoms with E-state index in [1.54, 1.807) is 116 Å². The number of phenols is 1. The Labute approximate surface area is 451 Å². The Morgan fingerprint density at radius 3 is 1.87 bits per heavy atom. The third-order valence-electron chi connectivity index (χ3n) is 10.3. The first-order valence-corrected chi connectivity index (χ1v) is 25.8. The Morgan fingerprint density at radius 1 is 0.671 bits per heavy atom. The normalized spacial score (nSPS) is 12.7. The van der Waals surface area contributed by atoms with Gasteiger partial charge in [-0.15, -0.1) is 0 Å². The van der Waals surface area contributed by atoms with Crippen LogP contribution in [0.2, 0.25) is 0 Å². The Bertz CT molecular complexity index is 2430. The second kappa shape index (κ2) is 26.7. The number of nitrogens with one attached hydrogen (secondary N) is 2. The molecule has 0 heterocycles. The molecule has 0 spiro atoms. The van der Waals surface area contributed by atoms with E-state index in [1.807, 2.05) is 34.7 Å². The molecule has 0 fully saturated rings. The van der Waals surface area contributed by atoms with Crippen LogP contribution < -0.4 is 40.2 Å². The van der Waals surface area contributed by atoms with Gasteiger partial charge in [0.25, 0.3) is 0 Å². The molecule has 0 aromatic heterocycles. The maximum absolute atomic E-state index is 14.2. The van der Waals surface area contributed by atoms with Gasteiger partial charge in [0.2, 0.25) is 11.8 Å². The number of carbonyl (C=O) groups is 5. The smallest absolute Gasteiger partial charge is 0.408 e. The molecule has 4 aromatic rings. The molecule has 70 heavy (non-hydrogen) atoms. The number of halogens is 3. The molecular weight excluding hydrogens is 1240 g/mol. The zero-order valence-corrected chi connectivity index (χ0v) is 47.4. The second-order valence-corrected chi connectivity index (χ2v) is 21.8. The summed E-state index contributed by atoms with van der Waals surface area (Å²) in [5.41, 5.74) is 6.50. The third-order valence-corrected chi connectivity index (χ3v) is 12.8. The first-order chi connectivity index (χ1) is 32.9. The minimum atomic E-state index is -1.22. The lowest BCUT2D eigenvalue weighted by molar-refractivity contribution is -0.159. The molecule has 0 bridgehead atoms. The number of rotatable bonds is 23. The maximum atomic E-state index is 14.2. The van der Waals surface area contributed by atoms with Crippen LogP contribution in [0.1, 0.15) is 92.1 Å². The first-order valence-electron chi connectivity index (χ1n) is 22.6. The number of benzene rings is 4. The average molecular weight is 1300 g/mol. The van der Waals surface area contributed by atoms with Crippen LogP contribution in [0, 0.1) is 10.7 Å². The molecule has 0 saturated carbocycles. The molecule has 0 saturated heterocycles. The number of anilines is 2. The molecule has 16 nitrogen and oxygen atoms in total. The number of aromatic hydroxyl groups is 1. The number of unbranched alkanes of at least 4 members (excludes halogenated alkanes) is 2. The molecule has 3 amide bonds. The summed E-state index contributed by atoms with van der Waals surface area (Å²) in [6.45, 7) is 10.2. The van der Waals surface area contributed by atoms with Crippen LogP contribution in [0.3, 0.4) is 0 Å². The number of hydrogen-bond donors (Lipinski definition) is 4. The number of ketones is 1. The summed E-state index contributed by atoms with van der Waals surface area (Å²) in [7, 11) is 4.61. The third kappa shape index (κ3) is 18.2. The lowest BCUT2D eigenvalue weighted by atomic mass is 10.0. The van der Waals surface area contributed by atoms with Crippen molar-refractivity contribution in [3.63, 3.8) is 0 Å². The number of Topliss-reactive ketones (excluding diaryl/α,β-unsaturated/α-hetero) is 1. The number of methoxy groups -OCH3 is 3. The summed E-state index contributed by atoms with van der Waals surface area (Å²) >= 11 is 6.28. The SMILES string of the molecule is COc1ccc(N(C(=O)C(N)CCCCCC(=O)CCC(NC(=O)C(Cc2cc(I)c(Oc3ccc(O)c(I)c3)c(I)c2)NC(=O)OC(C)(C)C)C(=O)OC(C)(C)C)c2ccc(OC)cc2OC)cc1. The van der Waals surface area contributed by atoms with Crippen molar-refractivity contribution < 1.29 is 57.5 Å². The van der Waals surface area contributed by atoms with Crippen molar-refractivity contribution in [3.05, 3.63) is 89.1 Å². The molecule has 0 aliphatic heterocycles. The van der Waals surface area contributed by atoms with Gasteiger partial charge >= 0.3 is 12.1 Å². The van der Waals surface area contributed by atoms with E-state index in [4.69, 9.17) is 34.2 Å². The fourth-order valence-corrected chi connectivity index (χ4v) is 9.56. The van der Waals surface area contributed by atoms with Gasteiger partial charge in [-0.05, 0) is 201 Å². The number of carbonyl (C=O) groups excluding carboxylic acids is 5. The van der Waals surface area contributed by atoms with E-state index in [-0.39, 0.29) is 43.1 Å². The Morgan fingerprint density at radius 2 is 1.29 bits per heavy atom. The fraction of sp³-hybridized carbons (Fsp3) is 0.431. The number of ether oxygens (including phenoxy) is 6. The maximum Gasteiger partial charge on any atom is 0.408 e. The van der Waals surface area contributed by atoms with E-state index in [1.165, 1.54) is 12.0 Å². The molecule has 380 valence electrons. The Balaban J connectivity index is 1.42. The minimum absolute atomic E-state index is 0.0128. The van der Waals surface area contributed by atoms with Crippen LogP contribution >= 0.6 is 67.8 Å². The van der Waals surface area contributed by atoms with Crippen molar-refractivity contribution in [1.82, 2.24) is 10.6 Å². The van der Waals surface area contributed by atoms with Crippen molar-refractivity contribution in [2.75, 3.05) is 26.2 Å². The zero-order valence-electron chi connectivity index (χ0n) is 40.9. The standard InChI is InChI=1S/C51H63I3N4O12/c1-50(2,3)69-48(63)40(56-46(61)41(57-49(64)70-51(4,5)6)27-30-25-37(53)45(38(54)26-30)68-35-21-24-43(60)36(52)28-35)22-17-32(59)13-11-10-12-14-39(55)47(62)58(31-15-18-33(65-7)19-16-31)42-23-20-34(66-8)29-44(42)67-9/h15-16,18-21,23-26,28-29,39-41,60H,10-14,17,22,27,55H2,1-9H3,(H,56,61)(H,57,64). The average Bonchev–Trinajstić information content (AvgIpc) is 3.28. The predicted octanol–water partition coefficient (Wildman–Crippen LogP) is 10.3. The van der Waals surface area contributed by atoms with E-state index < -0.39 is 47.3 Å². The highest BCUT2D eigenvalue weighted by Gasteiger charge is 2.32. The summed E-state index contributed by atoms with van der Waals surface area (Å²) in [4.78, 5) is 69.8. The van der Waals surface area contributed by atoms with Crippen LogP contribution in [0.5, 0.6) is 34.5 Å². The molecule has 0 radical (unpaired) electrons. The fourth-order valence-electron chi connectivity index (χ4n) is 6.95.